The average molecular weight is 652 g/mol. The van der Waals surface area contributed by atoms with Crippen LogP contribution >= 0.6 is 0 Å². The first-order chi connectivity index (χ1) is 25.2. The van der Waals surface area contributed by atoms with E-state index in [1.807, 2.05) is 60.7 Å². The molecule has 0 atom stereocenters. The zero-order valence-corrected chi connectivity index (χ0v) is 27.5. The molecule has 238 valence electrons. The number of para-hydroxylation sites is 1. The van der Waals surface area contributed by atoms with Crippen LogP contribution in [-0.2, 0) is 0 Å². The molecule has 0 amide bonds. The van der Waals surface area contributed by atoms with Crippen molar-refractivity contribution in [1.82, 2.24) is 15.0 Å². The highest BCUT2D eigenvalue weighted by Gasteiger charge is 2.18. The third kappa shape index (κ3) is 5.22. The Labute approximate surface area is 294 Å². The Morgan fingerprint density at radius 3 is 1.59 bits per heavy atom. The zero-order chi connectivity index (χ0) is 33.7. The van der Waals surface area contributed by atoms with Crippen LogP contribution in [0.2, 0.25) is 0 Å². The molecule has 0 bridgehead atoms. The predicted molar refractivity (Wildman–Crippen MR) is 209 cm³/mol. The molecule has 0 saturated carbocycles. The van der Waals surface area contributed by atoms with Crippen molar-refractivity contribution in [2.24, 2.45) is 0 Å². The van der Waals surface area contributed by atoms with E-state index >= 15 is 0 Å². The summed E-state index contributed by atoms with van der Waals surface area (Å²) in [6.45, 7) is 0. The molecule has 0 unspecified atom stereocenters. The molecule has 0 saturated heterocycles. The second kappa shape index (κ2) is 11.9. The molecular weight excluding hydrogens is 623 g/mol. The summed E-state index contributed by atoms with van der Waals surface area (Å²) >= 11 is 0. The monoisotopic (exact) mass is 651 g/mol. The van der Waals surface area contributed by atoms with Crippen LogP contribution in [0, 0.1) is 0 Å². The topological polar surface area (TPSA) is 51.8 Å². The fourth-order valence-corrected chi connectivity index (χ4v) is 7.11. The van der Waals surface area contributed by atoms with Gasteiger partial charge >= 0.3 is 0 Å². The molecule has 0 fully saturated rings. The molecule has 4 nitrogen and oxygen atoms in total. The van der Waals surface area contributed by atoms with Crippen molar-refractivity contribution >= 4 is 43.5 Å². The lowest BCUT2D eigenvalue weighted by Gasteiger charge is -2.11. The zero-order valence-electron chi connectivity index (χ0n) is 27.5. The average Bonchev–Trinajstić information content (AvgIpc) is 3.59. The summed E-state index contributed by atoms with van der Waals surface area (Å²) < 4.78 is 6.21. The molecule has 0 aliphatic carbocycles. The van der Waals surface area contributed by atoms with Gasteiger partial charge in [-0.05, 0) is 80.2 Å². The fraction of sp³-hybridized carbons (Fsp3) is 0. The van der Waals surface area contributed by atoms with Crippen LogP contribution in [-0.4, -0.2) is 15.0 Å². The van der Waals surface area contributed by atoms with E-state index in [4.69, 9.17) is 19.4 Å². The van der Waals surface area contributed by atoms with E-state index in [9.17, 15) is 0 Å². The molecule has 51 heavy (non-hydrogen) atoms. The summed E-state index contributed by atoms with van der Waals surface area (Å²) in [5.74, 6) is 1.85. The normalized spacial score (nSPS) is 11.5. The first-order valence-corrected chi connectivity index (χ1v) is 17.1. The first kappa shape index (κ1) is 29.0. The van der Waals surface area contributed by atoms with Crippen molar-refractivity contribution in [1.29, 1.82) is 0 Å². The Morgan fingerprint density at radius 2 is 0.824 bits per heavy atom. The van der Waals surface area contributed by atoms with Gasteiger partial charge in [-0.15, -0.1) is 0 Å². The van der Waals surface area contributed by atoms with Crippen LogP contribution in [0.15, 0.2) is 180 Å². The van der Waals surface area contributed by atoms with E-state index in [0.29, 0.717) is 17.5 Å². The summed E-state index contributed by atoms with van der Waals surface area (Å²) in [4.78, 5) is 15.2. The number of nitrogens with zero attached hydrogens (tertiary/aromatic N) is 3. The van der Waals surface area contributed by atoms with Crippen molar-refractivity contribution < 1.29 is 4.42 Å². The lowest BCUT2D eigenvalue weighted by atomic mass is 9.96. The van der Waals surface area contributed by atoms with Crippen molar-refractivity contribution in [2.75, 3.05) is 0 Å². The second-order valence-corrected chi connectivity index (χ2v) is 12.9. The summed E-state index contributed by atoms with van der Waals surface area (Å²) in [7, 11) is 0. The molecule has 0 spiro atoms. The minimum absolute atomic E-state index is 0.606. The maximum absolute atomic E-state index is 6.21. The van der Waals surface area contributed by atoms with E-state index in [1.165, 1.54) is 32.7 Å². The lowest BCUT2D eigenvalue weighted by molar-refractivity contribution is 0.669. The Bertz CT molecular complexity index is 2930. The van der Waals surface area contributed by atoms with Crippen LogP contribution < -0.4 is 0 Å². The Hall–Kier alpha value is -6.91. The lowest BCUT2D eigenvalue weighted by Crippen LogP contribution is -2.00. The van der Waals surface area contributed by atoms with E-state index < -0.39 is 0 Å². The molecule has 0 aliphatic heterocycles. The smallest absolute Gasteiger partial charge is 0.164 e. The largest absolute Gasteiger partial charge is 0.456 e. The van der Waals surface area contributed by atoms with Gasteiger partial charge in [0.15, 0.2) is 17.5 Å². The third-order valence-electron chi connectivity index (χ3n) is 9.69. The SMILES string of the molecule is c1ccc(-c2nc(-c3cccc(-c4ccc5cc(-c6ccc7ccccc7c6)ccc5c4)c3)nc(-c3cccc4oc5ccccc5c34)n2)cc1. The molecule has 2 aromatic heterocycles. The van der Waals surface area contributed by atoms with Crippen LogP contribution in [0.5, 0.6) is 0 Å². The van der Waals surface area contributed by atoms with Gasteiger partial charge in [0.2, 0.25) is 0 Å². The van der Waals surface area contributed by atoms with Gasteiger partial charge in [0.1, 0.15) is 11.2 Å². The van der Waals surface area contributed by atoms with E-state index in [2.05, 4.69) is 115 Å². The number of rotatable bonds is 5. The number of furan rings is 1. The molecule has 0 N–H and O–H groups in total. The predicted octanol–water partition coefficient (Wildman–Crippen LogP) is 12.4. The second-order valence-electron chi connectivity index (χ2n) is 12.9. The van der Waals surface area contributed by atoms with Gasteiger partial charge < -0.3 is 4.42 Å². The minimum Gasteiger partial charge on any atom is -0.456 e. The van der Waals surface area contributed by atoms with Gasteiger partial charge in [0.05, 0.1) is 0 Å². The van der Waals surface area contributed by atoms with Crippen LogP contribution in [0.4, 0.5) is 0 Å². The summed E-state index contributed by atoms with van der Waals surface area (Å²) in [6.07, 6.45) is 0. The van der Waals surface area contributed by atoms with Crippen molar-refractivity contribution in [3.05, 3.63) is 176 Å². The van der Waals surface area contributed by atoms with Crippen molar-refractivity contribution in [2.45, 2.75) is 0 Å². The summed E-state index contributed by atoms with van der Waals surface area (Å²) in [6, 6.07) is 61.3. The van der Waals surface area contributed by atoms with Crippen LogP contribution in [0.3, 0.4) is 0 Å². The van der Waals surface area contributed by atoms with Gasteiger partial charge in [-0.2, -0.15) is 0 Å². The number of benzene rings is 8. The molecule has 10 aromatic rings. The maximum atomic E-state index is 6.21. The highest BCUT2D eigenvalue weighted by Crippen LogP contribution is 2.37. The Balaban J connectivity index is 1.06. The highest BCUT2D eigenvalue weighted by molar-refractivity contribution is 6.11. The van der Waals surface area contributed by atoms with E-state index in [-0.39, 0.29) is 0 Å². The molecule has 0 aliphatic rings. The summed E-state index contributed by atoms with van der Waals surface area (Å²) in [5.41, 5.74) is 9.06. The molecule has 8 aromatic carbocycles. The molecule has 4 heteroatoms. The standard InChI is InChI=1S/C47H29N3O/c1-2-11-31(12-3-1)45-48-46(50-47(49-45)41-17-9-19-43-44(41)40-16-6-7-18-42(40)51-43)39-15-8-14-33(29-39)34-22-23-38-28-37(25-24-36(38)27-34)35-21-20-30-10-4-5-13-32(30)26-35/h1-29H. The quantitative estimate of drug-likeness (QED) is 0.186. The molecule has 2 heterocycles. The highest BCUT2D eigenvalue weighted by atomic mass is 16.3. The Morgan fingerprint density at radius 1 is 0.314 bits per heavy atom. The van der Waals surface area contributed by atoms with Gasteiger partial charge in [0.25, 0.3) is 0 Å². The van der Waals surface area contributed by atoms with Crippen molar-refractivity contribution in [3.63, 3.8) is 0 Å². The number of aromatic nitrogens is 3. The molecule has 0 radical (unpaired) electrons. The summed E-state index contributed by atoms with van der Waals surface area (Å²) in [5, 5.41) is 6.93. The number of fused-ring (bicyclic) bond motifs is 5. The fourth-order valence-electron chi connectivity index (χ4n) is 7.11. The van der Waals surface area contributed by atoms with Crippen LogP contribution in [0.25, 0.3) is 99.9 Å². The number of hydrogen-bond donors (Lipinski definition) is 0. The minimum atomic E-state index is 0.606. The molecular formula is C47H29N3O. The van der Waals surface area contributed by atoms with E-state index in [0.717, 1.165) is 49.8 Å². The van der Waals surface area contributed by atoms with Crippen molar-refractivity contribution in [3.8, 4) is 56.4 Å². The number of hydrogen-bond acceptors (Lipinski definition) is 4. The van der Waals surface area contributed by atoms with Gasteiger partial charge in [0, 0.05) is 27.5 Å². The first-order valence-electron chi connectivity index (χ1n) is 17.1. The van der Waals surface area contributed by atoms with E-state index in [1.54, 1.807) is 0 Å². The van der Waals surface area contributed by atoms with Gasteiger partial charge in [-0.3, -0.25) is 0 Å². The molecule has 10 rings (SSSR count). The maximum Gasteiger partial charge on any atom is 0.164 e. The van der Waals surface area contributed by atoms with Gasteiger partial charge in [-0.1, -0.05) is 140 Å². The van der Waals surface area contributed by atoms with Gasteiger partial charge in [-0.25, -0.2) is 15.0 Å². The van der Waals surface area contributed by atoms with Crippen LogP contribution in [0.1, 0.15) is 0 Å². The third-order valence-corrected chi connectivity index (χ3v) is 9.69. The Kier molecular flexibility index (Phi) is 6.78.